The highest BCUT2D eigenvalue weighted by Gasteiger charge is 2.14. The first-order chi connectivity index (χ1) is 6.56. The number of benzene rings is 1. The van der Waals surface area contributed by atoms with E-state index in [1.54, 1.807) is 14.1 Å². The SMILES string of the molecule is CN(C)C(=O)c1cc(Cl)ccc1N=O. The van der Waals surface area contributed by atoms with Crippen LogP contribution in [-0.2, 0) is 0 Å². The van der Waals surface area contributed by atoms with Crippen LogP contribution in [0.25, 0.3) is 0 Å². The van der Waals surface area contributed by atoms with Crippen molar-refractivity contribution in [3.63, 3.8) is 0 Å². The number of amides is 1. The van der Waals surface area contributed by atoms with Crippen molar-refractivity contribution in [2.24, 2.45) is 5.18 Å². The number of hydrogen-bond donors (Lipinski definition) is 0. The van der Waals surface area contributed by atoms with Gasteiger partial charge in [0.2, 0.25) is 0 Å². The van der Waals surface area contributed by atoms with E-state index in [-0.39, 0.29) is 17.2 Å². The molecule has 0 fully saturated rings. The molecule has 0 aromatic heterocycles. The summed E-state index contributed by atoms with van der Waals surface area (Å²) in [5, 5.41) is 3.16. The van der Waals surface area contributed by atoms with Crippen molar-refractivity contribution in [1.82, 2.24) is 4.90 Å². The molecule has 0 N–H and O–H groups in total. The average Bonchev–Trinajstić information content (AvgIpc) is 2.16. The Morgan fingerprint density at radius 3 is 2.57 bits per heavy atom. The maximum absolute atomic E-state index is 11.5. The highest BCUT2D eigenvalue weighted by Crippen LogP contribution is 2.23. The van der Waals surface area contributed by atoms with Gasteiger partial charge in [-0.3, -0.25) is 4.79 Å². The van der Waals surface area contributed by atoms with Gasteiger partial charge in [-0.05, 0) is 23.4 Å². The lowest BCUT2D eigenvalue weighted by Crippen LogP contribution is -2.21. The van der Waals surface area contributed by atoms with Crippen molar-refractivity contribution in [3.8, 4) is 0 Å². The number of nitrogens with zero attached hydrogens (tertiary/aromatic N) is 2. The van der Waals surface area contributed by atoms with Crippen molar-refractivity contribution in [2.75, 3.05) is 14.1 Å². The highest BCUT2D eigenvalue weighted by atomic mass is 35.5. The topological polar surface area (TPSA) is 49.7 Å². The summed E-state index contributed by atoms with van der Waals surface area (Å²) in [6, 6.07) is 4.37. The van der Waals surface area contributed by atoms with E-state index in [4.69, 9.17) is 11.6 Å². The number of nitroso groups, excluding NO2 is 1. The molecule has 0 saturated heterocycles. The molecule has 0 aliphatic carbocycles. The Labute approximate surface area is 86.4 Å². The second-order valence-electron chi connectivity index (χ2n) is 2.95. The summed E-state index contributed by atoms with van der Waals surface area (Å²) >= 11 is 5.71. The fraction of sp³-hybridized carbons (Fsp3) is 0.222. The van der Waals surface area contributed by atoms with Crippen molar-refractivity contribution in [3.05, 3.63) is 33.7 Å². The monoisotopic (exact) mass is 212 g/mol. The Kier molecular flexibility index (Phi) is 3.19. The van der Waals surface area contributed by atoms with Crippen LogP contribution < -0.4 is 0 Å². The second-order valence-corrected chi connectivity index (χ2v) is 3.39. The third-order valence-corrected chi connectivity index (χ3v) is 1.93. The Bertz CT molecular complexity index is 377. The van der Waals surface area contributed by atoms with E-state index in [0.29, 0.717) is 5.02 Å². The number of hydrogen-bond acceptors (Lipinski definition) is 3. The Hall–Kier alpha value is -1.42. The quantitative estimate of drug-likeness (QED) is 0.707. The van der Waals surface area contributed by atoms with E-state index < -0.39 is 0 Å². The molecule has 1 rings (SSSR count). The lowest BCUT2D eigenvalue weighted by atomic mass is 10.1. The molecule has 0 radical (unpaired) electrons. The van der Waals surface area contributed by atoms with Crippen molar-refractivity contribution in [2.45, 2.75) is 0 Å². The summed E-state index contributed by atoms with van der Waals surface area (Å²) in [6.45, 7) is 0. The predicted octanol–water partition coefficient (Wildman–Crippen LogP) is 2.44. The summed E-state index contributed by atoms with van der Waals surface area (Å²) in [5.41, 5.74) is 0.325. The van der Waals surface area contributed by atoms with Gasteiger partial charge in [0.25, 0.3) is 5.91 Å². The lowest BCUT2D eigenvalue weighted by molar-refractivity contribution is 0.0828. The van der Waals surface area contributed by atoms with Crippen LogP contribution >= 0.6 is 11.6 Å². The van der Waals surface area contributed by atoms with Gasteiger partial charge in [0.05, 0.1) is 5.56 Å². The van der Waals surface area contributed by atoms with Gasteiger partial charge in [0.1, 0.15) is 5.69 Å². The maximum atomic E-state index is 11.5. The predicted molar refractivity (Wildman–Crippen MR) is 54.9 cm³/mol. The van der Waals surface area contributed by atoms with Crippen LogP contribution in [0.5, 0.6) is 0 Å². The molecule has 5 heteroatoms. The zero-order chi connectivity index (χ0) is 10.7. The third kappa shape index (κ3) is 2.09. The van der Waals surface area contributed by atoms with Gasteiger partial charge in [-0.2, -0.15) is 0 Å². The molecule has 14 heavy (non-hydrogen) atoms. The maximum Gasteiger partial charge on any atom is 0.255 e. The fourth-order valence-corrected chi connectivity index (χ4v) is 1.17. The summed E-state index contributed by atoms with van der Waals surface area (Å²) in [6.07, 6.45) is 0. The highest BCUT2D eigenvalue weighted by molar-refractivity contribution is 6.31. The van der Waals surface area contributed by atoms with Gasteiger partial charge in [-0.15, -0.1) is 4.91 Å². The van der Waals surface area contributed by atoms with Crippen molar-refractivity contribution < 1.29 is 4.79 Å². The van der Waals surface area contributed by atoms with Gasteiger partial charge < -0.3 is 4.90 Å². The Balaban J connectivity index is 3.23. The smallest absolute Gasteiger partial charge is 0.255 e. The molecular weight excluding hydrogens is 204 g/mol. The molecule has 4 nitrogen and oxygen atoms in total. The van der Waals surface area contributed by atoms with Crippen LogP contribution in [0.3, 0.4) is 0 Å². The van der Waals surface area contributed by atoms with E-state index >= 15 is 0 Å². The van der Waals surface area contributed by atoms with Gasteiger partial charge in [-0.1, -0.05) is 11.6 Å². The minimum Gasteiger partial charge on any atom is -0.345 e. The van der Waals surface area contributed by atoms with Crippen LogP contribution in [0.4, 0.5) is 5.69 Å². The van der Waals surface area contributed by atoms with Gasteiger partial charge in [-0.25, -0.2) is 0 Å². The molecule has 0 bridgehead atoms. The van der Waals surface area contributed by atoms with Crippen LogP contribution in [0.2, 0.25) is 5.02 Å². The molecule has 0 aliphatic heterocycles. The zero-order valence-corrected chi connectivity index (χ0v) is 8.58. The fourth-order valence-electron chi connectivity index (χ4n) is 1.00. The first-order valence-corrected chi connectivity index (χ1v) is 4.28. The largest absolute Gasteiger partial charge is 0.345 e. The van der Waals surface area contributed by atoms with Crippen LogP contribution in [0, 0.1) is 4.91 Å². The lowest BCUT2D eigenvalue weighted by Gasteiger charge is -2.11. The molecule has 0 spiro atoms. The summed E-state index contributed by atoms with van der Waals surface area (Å²) in [5.74, 6) is -0.290. The molecule has 1 aromatic carbocycles. The van der Waals surface area contributed by atoms with Gasteiger partial charge in [0, 0.05) is 19.1 Å². The molecule has 0 unspecified atom stereocenters. The number of rotatable bonds is 2. The van der Waals surface area contributed by atoms with Crippen molar-refractivity contribution >= 4 is 23.2 Å². The van der Waals surface area contributed by atoms with E-state index in [1.807, 2.05) is 0 Å². The number of carbonyl (C=O) groups is 1. The minimum atomic E-state index is -0.290. The normalized spacial score (nSPS) is 9.64. The molecular formula is C9H9ClN2O2. The molecule has 0 heterocycles. The molecule has 0 saturated carbocycles. The first-order valence-electron chi connectivity index (χ1n) is 3.91. The van der Waals surface area contributed by atoms with Crippen LogP contribution in [0.15, 0.2) is 23.4 Å². The molecule has 1 amide bonds. The average molecular weight is 213 g/mol. The molecule has 1 aromatic rings. The number of carbonyl (C=O) groups excluding carboxylic acids is 1. The summed E-state index contributed by atoms with van der Waals surface area (Å²) in [4.78, 5) is 23.3. The van der Waals surface area contributed by atoms with E-state index in [9.17, 15) is 9.70 Å². The molecule has 0 aliphatic rings. The van der Waals surface area contributed by atoms with Crippen LogP contribution in [-0.4, -0.2) is 24.9 Å². The van der Waals surface area contributed by atoms with E-state index in [2.05, 4.69) is 5.18 Å². The minimum absolute atomic E-state index is 0.105. The second kappa shape index (κ2) is 4.19. The first kappa shape index (κ1) is 10.7. The van der Waals surface area contributed by atoms with E-state index in [1.165, 1.54) is 23.1 Å². The van der Waals surface area contributed by atoms with Crippen molar-refractivity contribution in [1.29, 1.82) is 0 Å². The van der Waals surface area contributed by atoms with Crippen LogP contribution in [0.1, 0.15) is 10.4 Å². The Morgan fingerprint density at radius 1 is 1.43 bits per heavy atom. The summed E-state index contributed by atoms with van der Waals surface area (Å²) < 4.78 is 0. The van der Waals surface area contributed by atoms with Gasteiger partial charge in [0.15, 0.2) is 0 Å². The Morgan fingerprint density at radius 2 is 2.07 bits per heavy atom. The standard InChI is InChI=1S/C9H9ClN2O2/c1-12(2)9(13)7-5-6(10)3-4-8(7)11-14/h3-5H,1-2H3. The summed E-state index contributed by atoms with van der Waals surface area (Å²) in [7, 11) is 3.19. The van der Waals surface area contributed by atoms with Gasteiger partial charge >= 0.3 is 0 Å². The number of halogens is 1. The molecule has 74 valence electrons. The van der Waals surface area contributed by atoms with E-state index in [0.717, 1.165) is 0 Å². The third-order valence-electron chi connectivity index (χ3n) is 1.69. The molecule has 0 atom stereocenters. The zero-order valence-electron chi connectivity index (χ0n) is 7.82.